The number of aromatic nitrogens is 1. The molecule has 0 saturated heterocycles. The van der Waals surface area contributed by atoms with E-state index in [1.165, 1.54) is 19.3 Å². The number of ether oxygens (including phenoxy) is 1. The summed E-state index contributed by atoms with van der Waals surface area (Å²) in [5.41, 5.74) is 2.29. The van der Waals surface area contributed by atoms with E-state index >= 15 is 0 Å². The van der Waals surface area contributed by atoms with Crippen molar-refractivity contribution in [1.82, 2.24) is 9.47 Å². The molecule has 27 heavy (non-hydrogen) atoms. The molecule has 0 atom stereocenters. The third-order valence-electron chi connectivity index (χ3n) is 5.35. The molecule has 1 amide bonds. The van der Waals surface area contributed by atoms with E-state index in [0.717, 1.165) is 35.7 Å². The highest BCUT2D eigenvalue weighted by atomic mass is 35.5. The highest BCUT2D eigenvalue weighted by molar-refractivity contribution is 6.30. The van der Waals surface area contributed by atoms with Crippen LogP contribution in [0.4, 0.5) is 0 Å². The summed E-state index contributed by atoms with van der Waals surface area (Å²) in [4.78, 5) is 15.1. The van der Waals surface area contributed by atoms with E-state index in [9.17, 15) is 4.79 Å². The summed E-state index contributed by atoms with van der Waals surface area (Å²) in [5, 5.41) is 0.746. The van der Waals surface area contributed by atoms with Gasteiger partial charge in [0, 0.05) is 43.0 Å². The van der Waals surface area contributed by atoms with Crippen molar-refractivity contribution in [1.29, 1.82) is 0 Å². The zero-order valence-corrected chi connectivity index (χ0v) is 16.8. The normalized spacial score (nSPS) is 15.0. The van der Waals surface area contributed by atoms with Crippen molar-refractivity contribution in [2.45, 2.75) is 45.2 Å². The van der Waals surface area contributed by atoms with E-state index in [-0.39, 0.29) is 11.8 Å². The molecule has 146 valence electrons. The van der Waals surface area contributed by atoms with E-state index < -0.39 is 0 Å². The van der Waals surface area contributed by atoms with Gasteiger partial charge in [-0.3, -0.25) is 4.79 Å². The number of hydrogen-bond acceptors (Lipinski definition) is 2. The van der Waals surface area contributed by atoms with Crippen LogP contribution in [0.5, 0.6) is 0 Å². The SMILES string of the molecule is COCCN(Cc1cccn1Cc1cccc(Cl)c1)C(=O)C1CCCCC1. The van der Waals surface area contributed by atoms with Gasteiger partial charge in [-0.05, 0) is 42.7 Å². The molecule has 2 aromatic rings. The Morgan fingerprint density at radius 1 is 1.22 bits per heavy atom. The Labute approximate surface area is 167 Å². The molecule has 1 fully saturated rings. The van der Waals surface area contributed by atoms with Crippen molar-refractivity contribution >= 4 is 17.5 Å². The summed E-state index contributed by atoms with van der Waals surface area (Å²) in [7, 11) is 1.69. The smallest absolute Gasteiger partial charge is 0.226 e. The van der Waals surface area contributed by atoms with Gasteiger partial charge in [0.1, 0.15) is 0 Å². The third kappa shape index (κ3) is 5.60. The number of carbonyl (C=O) groups excluding carboxylic acids is 1. The van der Waals surface area contributed by atoms with Crippen LogP contribution in [-0.4, -0.2) is 35.6 Å². The van der Waals surface area contributed by atoms with Gasteiger partial charge in [0.25, 0.3) is 0 Å². The predicted octanol–water partition coefficient (Wildman–Crippen LogP) is 4.75. The van der Waals surface area contributed by atoms with Crippen LogP contribution >= 0.6 is 11.6 Å². The zero-order valence-electron chi connectivity index (χ0n) is 16.1. The van der Waals surface area contributed by atoms with Crippen molar-refractivity contribution in [3.8, 4) is 0 Å². The van der Waals surface area contributed by atoms with Gasteiger partial charge in [-0.25, -0.2) is 0 Å². The lowest BCUT2D eigenvalue weighted by Crippen LogP contribution is -2.39. The Hall–Kier alpha value is -1.78. The molecule has 1 aromatic carbocycles. The van der Waals surface area contributed by atoms with Crippen LogP contribution in [0.1, 0.15) is 43.4 Å². The number of nitrogens with zero attached hydrogens (tertiary/aromatic N) is 2. The summed E-state index contributed by atoms with van der Waals surface area (Å²) in [6.07, 6.45) is 7.69. The summed E-state index contributed by atoms with van der Waals surface area (Å²) < 4.78 is 7.45. The standard InChI is InChI=1S/C22H29ClN2O2/c1-27-14-13-25(22(26)19-8-3-2-4-9-19)17-21-11-6-12-24(21)16-18-7-5-10-20(23)15-18/h5-7,10-12,15,19H,2-4,8-9,13-14,16-17H2,1H3. The fraction of sp³-hybridized carbons (Fsp3) is 0.500. The number of benzene rings is 1. The number of carbonyl (C=O) groups is 1. The van der Waals surface area contributed by atoms with Crippen molar-refractivity contribution in [3.05, 3.63) is 58.9 Å². The van der Waals surface area contributed by atoms with Crippen molar-refractivity contribution in [2.24, 2.45) is 5.92 Å². The average Bonchev–Trinajstić information content (AvgIpc) is 3.12. The highest BCUT2D eigenvalue weighted by Crippen LogP contribution is 2.26. The van der Waals surface area contributed by atoms with Crippen LogP contribution in [0, 0.1) is 5.92 Å². The second kappa shape index (κ2) is 9.95. The van der Waals surface area contributed by atoms with Crippen LogP contribution in [0.15, 0.2) is 42.6 Å². The van der Waals surface area contributed by atoms with Gasteiger partial charge in [0.2, 0.25) is 5.91 Å². The van der Waals surface area contributed by atoms with Gasteiger partial charge in [0.15, 0.2) is 0 Å². The Morgan fingerprint density at radius 2 is 2.04 bits per heavy atom. The molecule has 0 spiro atoms. The second-order valence-corrected chi connectivity index (χ2v) is 7.78. The Balaban J connectivity index is 1.71. The van der Waals surface area contributed by atoms with Gasteiger partial charge < -0.3 is 14.2 Å². The molecule has 0 bridgehead atoms. The molecule has 1 aliphatic rings. The van der Waals surface area contributed by atoms with Gasteiger partial charge in [-0.1, -0.05) is 43.0 Å². The molecular formula is C22H29ClN2O2. The summed E-state index contributed by atoms with van der Waals surface area (Å²) in [6, 6.07) is 12.1. The molecule has 3 rings (SSSR count). The molecule has 1 heterocycles. The Morgan fingerprint density at radius 3 is 2.78 bits per heavy atom. The highest BCUT2D eigenvalue weighted by Gasteiger charge is 2.26. The topological polar surface area (TPSA) is 34.5 Å². The Kier molecular flexibility index (Phi) is 7.36. The molecule has 1 aromatic heterocycles. The van der Waals surface area contributed by atoms with E-state index in [1.54, 1.807) is 7.11 Å². The fourth-order valence-electron chi connectivity index (χ4n) is 3.85. The zero-order chi connectivity index (χ0) is 19.1. The van der Waals surface area contributed by atoms with E-state index in [1.807, 2.05) is 29.2 Å². The monoisotopic (exact) mass is 388 g/mol. The summed E-state index contributed by atoms with van der Waals surface area (Å²) >= 11 is 6.12. The summed E-state index contributed by atoms with van der Waals surface area (Å²) in [6.45, 7) is 2.56. The van der Waals surface area contributed by atoms with Crippen LogP contribution in [0.25, 0.3) is 0 Å². The molecule has 4 nitrogen and oxygen atoms in total. The van der Waals surface area contributed by atoms with E-state index in [2.05, 4.69) is 22.9 Å². The van der Waals surface area contributed by atoms with Gasteiger partial charge >= 0.3 is 0 Å². The minimum Gasteiger partial charge on any atom is -0.383 e. The number of amides is 1. The molecular weight excluding hydrogens is 360 g/mol. The number of rotatable bonds is 8. The van der Waals surface area contributed by atoms with Crippen molar-refractivity contribution in [2.75, 3.05) is 20.3 Å². The van der Waals surface area contributed by atoms with Crippen LogP contribution in [-0.2, 0) is 22.6 Å². The van der Waals surface area contributed by atoms with E-state index in [0.29, 0.717) is 19.7 Å². The quantitative estimate of drug-likeness (QED) is 0.654. The molecule has 5 heteroatoms. The average molecular weight is 389 g/mol. The maximum atomic E-state index is 13.1. The molecule has 0 N–H and O–H groups in total. The van der Waals surface area contributed by atoms with Crippen LogP contribution in [0.3, 0.4) is 0 Å². The molecule has 0 aliphatic heterocycles. The lowest BCUT2D eigenvalue weighted by Gasteiger charge is -2.29. The molecule has 0 unspecified atom stereocenters. The van der Waals surface area contributed by atoms with Crippen LogP contribution in [0.2, 0.25) is 5.02 Å². The minimum atomic E-state index is 0.173. The number of methoxy groups -OCH3 is 1. The molecule has 0 radical (unpaired) electrons. The molecule has 1 aliphatic carbocycles. The minimum absolute atomic E-state index is 0.173. The number of halogens is 1. The molecule has 1 saturated carbocycles. The number of hydrogen-bond donors (Lipinski definition) is 0. The first-order valence-corrected chi connectivity index (χ1v) is 10.2. The lowest BCUT2D eigenvalue weighted by molar-refractivity contribution is -0.138. The Bertz CT molecular complexity index is 737. The largest absolute Gasteiger partial charge is 0.383 e. The fourth-order valence-corrected chi connectivity index (χ4v) is 4.06. The maximum absolute atomic E-state index is 13.1. The van der Waals surface area contributed by atoms with Gasteiger partial charge in [-0.15, -0.1) is 0 Å². The first kappa shape index (κ1) is 20.0. The van der Waals surface area contributed by atoms with Crippen molar-refractivity contribution < 1.29 is 9.53 Å². The van der Waals surface area contributed by atoms with Crippen LogP contribution < -0.4 is 0 Å². The first-order chi connectivity index (χ1) is 13.2. The predicted molar refractivity (Wildman–Crippen MR) is 109 cm³/mol. The van der Waals surface area contributed by atoms with E-state index in [4.69, 9.17) is 16.3 Å². The third-order valence-corrected chi connectivity index (χ3v) is 5.58. The first-order valence-electron chi connectivity index (χ1n) is 9.83. The summed E-state index contributed by atoms with van der Waals surface area (Å²) in [5.74, 6) is 0.453. The lowest BCUT2D eigenvalue weighted by atomic mass is 9.88. The second-order valence-electron chi connectivity index (χ2n) is 7.34. The van der Waals surface area contributed by atoms with Gasteiger partial charge in [-0.2, -0.15) is 0 Å². The van der Waals surface area contributed by atoms with Gasteiger partial charge in [0.05, 0.1) is 13.2 Å². The van der Waals surface area contributed by atoms with Crippen molar-refractivity contribution in [3.63, 3.8) is 0 Å². The maximum Gasteiger partial charge on any atom is 0.226 e.